The summed E-state index contributed by atoms with van der Waals surface area (Å²) in [6, 6.07) is 10.0. The van der Waals surface area contributed by atoms with Gasteiger partial charge in [-0.3, -0.25) is 4.79 Å². The molecule has 8 nitrogen and oxygen atoms in total. The highest BCUT2D eigenvalue weighted by atomic mass is 16.7. The molecule has 27 heavy (non-hydrogen) atoms. The molecule has 1 amide bonds. The van der Waals surface area contributed by atoms with Crippen LogP contribution in [0, 0.1) is 0 Å². The van der Waals surface area contributed by atoms with E-state index in [0.29, 0.717) is 28.5 Å². The molecule has 2 aromatic carbocycles. The average molecular weight is 370 g/mol. The third kappa shape index (κ3) is 3.17. The van der Waals surface area contributed by atoms with Gasteiger partial charge in [0.05, 0.1) is 32.6 Å². The SMILES string of the molecule is COc1cc(C(=O)O/N=C2\C(=O)N(C)c3ccccc32)cc(OC)c1OC. The summed E-state index contributed by atoms with van der Waals surface area (Å²) in [6.07, 6.45) is 0. The van der Waals surface area contributed by atoms with Crippen LogP contribution < -0.4 is 19.1 Å². The first-order valence-corrected chi connectivity index (χ1v) is 7.98. The van der Waals surface area contributed by atoms with Gasteiger partial charge < -0.3 is 23.9 Å². The van der Waals surface area contributed by atoms with Crippen molar-refractivity contribution in [2.75, 3.05) is 33.3 Å². The summed E-state index contributed by atoms with van der Waals surface area (Å²) in [7, 11) is 5.97. The summed E-state index contributed by atoms with van der Waals surface area (Å²) in [5, 5.41) is 3.79. The molecule has 0 radical (unpaired) electrons. The minimum Gasteiger partial charge on any atom is -0.493 e. The van der Waals surface area contributed by atoms with Crippen molar-refractivity contribution in [1.82, 2.24) is 0 Å². The summed E-state index contributed by atoms with van der Waals surface area (Å²) in [6.45, 7) is 0. The van der Waals surface area contributed by atoms with Gasteiger partial charge >= 0.3 is 5.97 Å². The normalized spacial score (nSPS) is 14.1. The first-order chi connectivity index (χ1) is 13.0. The van der Waals surface area contributed by atoms with Crippen LogP contribution in [0.2, 0.25) is 0 Å². The van der Waals surface area contributed by atoms with Crippen LogP contribution in [0.15, 0.2) is 41.6 Å². The molecule has 0 aliphatic carbocycles. The number of rotatable bonds is 5. The number of methoxy groups -OCH3 is 3. The van der Waals surface area contributed by atoms with E-state index < -0.39 is 5.97 Å². The molecule has 0 N–H and O–H groups in total. The number of carbonyl (C=O) groups excluding carboxylic acids is 2. The van der Waals surface area contributed by atoms with Gasteiger partial charge in [0.2, 0.25) is 5.75 Å². The predicted octanol–water partition coefficient (Wildman–Crippen LogP) is 2.25. The second-order valence-electron chi connectivity index (χ2n) is 5.61. The van der Waals surface area contributed by atoms with Gasteiger partial charge in [-0.1, -0.05) is 23.4 Å². The molecule has 0 fully saturated rings. The third-order valence-electron chi connectivity index (χ3n) is 4.15. The first-order valence-electron chi connectivity index (χ1n) is 7.98. The average Bonchev–Trinajstić information content (AvgIpc) is 2.95. The Hall–Kier alpha value is -3.55. The van der Waals surface area contributed by atoms with Crippen LogP contribution >= 0.6 is 0 Å². The van der Waals surface area contributed by atoms with E-state index in [-0.39, 0.29) is 17.2 Å². The number of likely N-dealkylation sites (N-methyl/N-ethyl adjacent to an activating group) is 1. The second kappa shape index (κ2) is 7.36. The number of hydrogen-bond donors (Lipinski definition) is 0. The Balaban J connectivity index is 1.91. The van der Waals surface area contributed by atoms with Crippen LogP contribution in [0.3, 0.4) is 0 Å². The number of carbonyl (C=O) groups is 2. The summed E-state index contributed by atoms with van der Waals surface area (Å²) < 4.78 is 15.7. The maximum Gasteiger partial charge on any atom is 0.366 e. The topological polar surface area (TPSA) is 86.7 Å². The number of hydrogen-bond acceptors (Lipinski definition) is 7. The number of benzene rings is 2. The lowest BCUT2D eigenvalue weighted by Crippen LogP contribution is -2.25. The van der Waals surface area contributed by atoms with E-state index in [2.05, 4.69) is 5.16 Å². The molecule has 1 heterocycles. The van der Waals surface area contributed by atoms with Crippen LogP contribution in [0.5, 0.6) is 17.2 Å². The van der Waals surface area contributed by atoms with E-state index in [1.54, 1.807) is 25.2 Å². The van der Waals surface area contributed by atoms with E-state index in [1.807, 2.05) is 6.07 Å². The van der Waals surface area contributed by atoms with E-state index in [9.17, 15) is 9.59 Å². The van der Waals surface area contributed by atoms with Gasteiger partial charge in [0.25, 0.3) is 5.91 Å². The summed E-state index contributed by atoms with van der Waals surface area (Å²) in [4.78, 5) is 31.2. The molecule has 8 heteroatoms. The zero-order valence-electron chi connectivity index (χ0n) is 15.3. The van der Waals surface area contributed by atoms with Crippen LogP contribution in [0.25, 0.3) is 0 Å². The van der Waals surface area contributed by atoms with Crippen LogP contribution in [0.1, 0.15) is 15.9 Å². The summed E-state index contributed by atoms with van der Waals surface area (Å²) in [5.41, 5.74) is 1.50. The molecule has 0 saturated carbocycles. The Kier molecular flexibility index (Phi) is 4.98. The molecule has 0 atom stereocenters. The zero-order valence-corrected chi connectivity index (χ0v) is 15.3. The number of amides is 1. The van der Waals surface area contributed by atoms with Gasteiger partial charge in [0.15, 0.2) is 17.2 Å². The number of ether oxygens (including phenoxy) is 3. The van der Waals surface area contributed by atoms with Gasteiger partial charge in [0.1, 0.15) is 0 Å². The molecule has 3 rings (SSSR count). The molecule has 0 spiro atoms. The van der Waals surface area contributed by atoms with Crippen LogP contribution in [-0.2, 0) is 9.63 Å². The Morgan fingerprint density at radius 2 is 1.63 bits per heavy atom. The van der Waals surface area contributed by atoms with Gasteiger partial charge in [-0.05, 0) is 18.2 Å². The maximum absolute atomic E-state index is 12.4. The van der Waals surface area contributed by atoms with Crippen molar-refractivity contribution in [3.05, 3.63) is 47.5 Å². The Bertz CT molecular complexity index is 913. The van der Waals surface area contributed by atoms with E-state index in [4.69, 9.17) is 19.0 Å². The fourth-order valence-corrected chi connectivity index (χ4v) is 2.78. The van der Waals surface area contributed by atoms with Crippen molar-refractivity contribution in [2.24, 2.45) is 5.16 Å². The van der Waals surface area contributed by atoms with Crippen molar-refractivity contribution in [2.45, 2.75) is 0 Å². The standard InChI is InChI=1S/C19H18N2O6/c1-21-13-8-6-5-7-12(13)16(18(21)22)20-27-19(23)11-9-14(24-2)17(26-4)15(10-11)25-3/h5-10H,1-4H3/b20-16-. The number of anilines is 1. The van der Waals surface area contributed by atoms with Crippen molar-refractivity contribution >= 4 is 23.3 Å². The summed E-state index contributed by atoms with van der Waals surface area (Å²) in [5.74, 6) is -0.156. The third-order valence-corrected chi connectivity index (χ3v) is 4.15. The highest BCUT2D eigenvalue weighted by Crippen LogP contribution is 2.38. The number of nitrogens with zero attached hydrogens (tertiary/aromatic N) is 2. The second-order valence-corrected chi connectivity index (χ2v) is 5.61. The van der Waals surface area contributed by atoms with E-state index in [0.717, 1.165) is 0 Å². The molecule has 0 unspecified atom stereocenters. The van der Waals surface area contributed by atoms with E-state index in [1.165, 1.54) is 38.4 Å². The van der Waals surface area contributed by atoms with Gasteiger partial charge in [-0.25, -0.2) is 4.79 Å². The molecule has 140 valence electrons. The maximum atomic E-state index is 12.4. The minimum atomic E-state index is -0.762. The van der Waals surface area contributed by atoms with Gasteiger partial charge in [-0.15, -0.1) is 0 Å². The van der Waals surface area contributed by atoms with Gasteiger partial charge in [-0.2, -0.15) is 0 Å². The molecule has 0 bridgehead atoms. The zero-order chi connectivity index (χ0) is 19.6. The molecule has 1 aliphatic rings. The Morgan fingerprint density at radius 3 is 2.22 bits per heavy atom. The van der Waals surface area contributed by atoms with Crippen molar-refractivity contribution < 1.29 is 28.6 Å². The lowest BCUT2D eigenvalue weighted by molar-refractivity contribution is -0.112. The summed E-state index contributed by atoms with van der Waals surface area (Å²) >= 11 is 0. The number of fused-ring (bicyclic) bond motifs is 1. The Labute approximate surface area is 155 Å². The van der Waals surface area contributed by atoms with Crippen LogP contribution in [-0.4, -0.2) is 46.0 Å². The molecule has 0 saturated heterocycles. The monoisotopic (exact) mass is 370 g/mol. The minimum absolute atomic E-state index is 0.0638. The quantitative estimate of drug-likeness (QED) is 0.593. The Morgan fingerprint density at radius 1 is 1.00 bits per heavy atom. The fraction of sp³-hybridized carbons (Fsp3) is 0.211. The number of para-hydroxylation sites is 1. The van der Waals surface area contributed by atoms with Crippen molar-refractivity contribution in [3.63, 3.8) is 0 Å². The first kappa shape index (κ1) is 18.2. The molecular formula is C19H18N2O6. The van der Waals surface area contributed by atoms with E-state index >= 15 is 0 Å². The molecular weight excluding hydrogens is 352 g/mol. The molecule has 2 aromatic rings. The van der Waals surface area contributed by atoms with Crippen molar-refractivity contribution in [1.29, 1.82) is 0 Å². The lowest BCUT2D eigenvalue weighted by Gasteiger charge is -2.13. The predicted molar refractivity (Wildman–Crippen MR) is 97.9 cm³/mol. The molecule has 0 aromatic heterocycles. The smallest absolute Gasteiger partial charge is 0.366 e. The lowest BCUT2D eigenvalue weighted by atomic mass is 10.1. The van der Waals surface area contributed by atoms with Gasteiger partial charge in [0, 0.05) is 12.6 Å². The van der Waals surface area contributed by atoms with Crippen LogP contribution in [0.4, 0.5) is 5.69 Å². The highest BCUT2D eigenvalue weighted by Gasteiger charge is 2.32. The number of oxime groups is 1. The largest absolute Gasteiger partial charge is 0.493 e. The highest BCUT2D eigenvalue weighted by molar-refractivity contribution is 6.54. The fourth-order valence-electron chi connectivity index (χ4n) is 2.78. The van der Waals surface area contributed by atoms with Crippen molar-refractivity contribution in [3.8, 4) is 17.2 Å². The molecule has 1 aliphatic heterocycles.